The van der Waals surface area contributed by atoms with Crippen molar-refractivity contribution >= 4 is 17.5 Å². The summed E-state index contributed by atoms with van der Waals surface area (Å²) >= 11 is 0. The molecule has 1 aliphatic rings. The topological polar surface area (TPSA) is 61.3 Å². The smallest absolute Gasteiger partial charge is 0.247 e. The van der Waals surface area contributed by atoms with Crippen LogP contribution in [0.4, 0.5) is 17.5 Å². The van der Waals surface area contributed by atoms with E-state index in [1.165, 1.54) is 16.8 Å². The average Bonchev–Trinajstić information content (AvgIpc) is 2.78. The lowest BCUT2D eigenvalue weighted by Crippen LogP contribution is -2.47. The molecule has 4 rings (SSSR count). The highest BCUT2D eigenvalue weighted by Crippen LogP contribution is 2.20. The van der Waals surface area contributed by atoms with E-state index in [9.17, 15) is 0 Å². The van der Waals surface area contributed by atoms with Gasteiger partial charge in [0.15, 0.2) is 5.82 Å². The first-order valence-electron chi connectivity index (χ1n) is 10.1. The van der Waals surface area contributed by atoms with E-state index >= 15 is 0 Å². The van der Waals surface area contributed by atoms with Gasteiger partial charge in [-0.1, -0.05) is 12.1 Å². The number of rotatable bonds is 6. The molecule has 2 aromatic heterocycles. The first-order chi connectivity index (χ1) is 14.2. The first-order valence-corrected chi connectivity index (χ1v) is 10.1. The van der Waals surface area contributed by atoms with Crippen LogP contribution in [0, 0.1) is 6.92 Å². The predicted octanol–water partition coefficient (Wildman–Crippen LogP) is 2.58. The fraction of sp³-hybridized carbons (Fsp3) is 0.364. The summed E-state index contributed by atoms with van der Waals surface area (Å²) in [5, 5.41) is 8.44. The molecule has 0 radical (unpaired) electrons. The number of aryl methyl sites for hydroxylation is 1. The summed E-state index contributed by atoms with van der Waals surface area (Å²) in [6.07, 6.45) is 6.33. The zero-order valence-corrected chi connectivity index (χ0v) is 17.1. The lowest BCUT2D eigenvalue weighted by Gasteiger charge is -2.36. The Balaban J connectivity index is 1.36. The summed E-state index contributed by atoms with van der Waals surface area (Å²) in [6.45, 7) is 6.76. The van der Waals surface area contributed by atoms with Crippen molar-refractivity contribution in [2.75, 3.05) is 54.5 Å². The third-order valence-electron chi connectivity index (χ3n) is 5.33. The van der Waals surface area contributed by atoms with Gasteiger partial charge in [0.1, 0.15) is 0 Å². The third kappa shape index (κ3) is 4.80. The van der Waals surface area contributed by atoms with Gasteiger partial charge in [-0.2, -0.15) is 10.1 Å². The highest BCUT2D eigenvalue weighted by atomic mass is 15.4. The number of nitrogens with zero attached hydrogens (tertiary/aromatic N) is 7. The molecular formula is C22H27N7. The number of benzene rings is 1. The molecule has 0 atom stereocenters. The summed E-state index contributed by atoms with van der Waals surface area (Å²) < 4.78 is 0. The molecule has 0 unspecified atom stereocenters. The Bertz CT molecular complexity index is 923. The molecule has 1 aliphatic heterocycles. The maximum atomic E-state index is 4.77. The molecule has 0 N–H and O–H groups in total. The van der Waals surface area contributed by atoms with Crippen LogP contribution in [0.5, 0.6) is 0 Å². The Kier molecular flexibility index (Phi) is 5.84. The second kappa shape index (κ2) is 8.86. The van der Waals surface area contributed by atoms with Crippen LogP contribution in [-0.2, 0) is 6.42 Å². The van der Waals surface area contributed by atoms with E-state index in [0.717, 1.165) is 45.0 Å². The monoisotopic (exact) mass is 389 g/mol. The first kappa shape index (κ1) is 19.1. The predicted molar refractivity (Wildman–Crippen MR) is 117 cm³/mol. The molecule has 3 heterocycles. The van der Waals surface area contributed by atoms with Crippen molar-refractivity contribution in [1.82, 2.24) is 20.2 Å². The van der Waals surface area contributed by atoms with Gasteiger partial charge in [0, 0.05) is 57.9 Å². The Hall–Kier alpha value is -3.22. The van der Waals surface area contributed by atoms with E-state index in [0.29, 0.717) is 5.95 Å². The Morgan fingerprint density at radius 3 is 2.52 bits per heavy atom. The van der Waals surface area contributed by atoms with E-state index in [2.05, 4.69) is 61.1 Å². The molecule has 3 aromatic rings. The van der Waals surface area contributed by atoms with Crippen LogP contribution >= 0.6 is 0 Å². The number of hydrogen-bond donors (Lipinski definition) is 0. The number of hydrogen-bond acceptors (Lipinski definition) is 7. The number of piperazine rings is 1. The van der Waals surface area contributed by atoms with Gasteiger partial charge in [0.2, 0.25) is 5.95 Å². The molecule has 0 aliphatic carbocycles. The zero-order chi connectivity index (χ0) is 20.1. The van der Waals surface area contributed by atoms with Crippen LogP contribution in [0.1, 0.15) is 11.1 Å². The van der Waals surface area contributed by atoms with Gasteiger partial charge in [-0.15, -0.1) is 5.10 Å². The quantitative estimate of drug-likeness (QED) is 0.642. The average molecular weight is 390 g/mol. The third-order valence-corrected chi connectivity index (χ3v) is 5.33. The van der Waals surface area contributed by atoms with Crippen molar-refractivity contribution in [3.05, 3.63) is 66.1 Å². The van der Waals surface area contributed by atoms with E-state index < -0.39 is 0 Å². The van der Waals surface area contributed by atoms with Gasteiger partial charge >= 0.3 is 0 Å². The minimum absolute atomic E-state index is 0.665. The van der Waals surface area contributed by atoms with Crippen molar-refractivity contribution < 1.29 is 0 Å². The Morgan fingerprint density at radius 2 is 1.76 bits per heavy atom. The van der Waals surface area contributed by atoms with Crippen molar-refractivity contribution in [2.24, 2.45) is 0 Å². The van der Waals surface area contributed by atoms with E-state index in [4.69, 9.17) is 4.98 Å². The molecule has 1 aromatic carbocycles. The van der Waals surface area contributed by atoms with Crippen LogP contribution < -0.4 is 14.7 Å². The van der Waals surface area contributed by atoms with Crippen molar-refractivity contribution in [3.63, 3.8) is 0 Å². The molecule has 29 heavy (non-hydrogen) atoms. The van der Waals surface area contributed by atoms with Crippen molar-refractivity contribution in [2.45, 2.75) is 13.3 Å². The highest BCUT2D eigenvalue weighted by molar-refractivity contribution is 5.51. The normalized spacial score (nSPS) is 14.1. The van der Waals surface area contributed by atoms with Gasteiger partial charge < -0.3 is 14.7 Å². The van der Waals surface area contributed by atoms with Crippen LogP contribution in [-0.4, -0.2) is 59.9 Å². The second-order valence-electron chi connectivity index (χ2n) is 7.45. The molecule has 0 spiro atoms. The second-order valence-corrected chi connectivity index (χ2v) is 7.45. The summed E-state index contributed by atoms with van der Waals surface area (Å²) in [5.41, 5.74) is 3.84. The molecule has 1 fully saturated rings. The Morgan fingerprint density at radius 1 is 1.00 bits per heavy atom. The molecule has 1 saturated heterocycles. The molecule has 7 heteroatoms. The standard InChI is InChI=1S/C22H27N7/c1-18-4-3-5-20(16-18)28-12-14-29(15-13-28)21-17-24-26-22(25-21)27(2)11-8-19-6-9-23-10-7-19/h3-7,9-10,16-17H,8,11-15H2,1-2H3. The molecule has 7 nitrogen and oxygen atoms in total. The van der Waals surface area contributed by atoms with Crippen LogP contribution in [0.25, 0.3) is 0 Å². The molecule has 0 amide bonds. The highest BCUT2D eigenvalue weighted by Gasteiger charge is 2.19. The minimum Gasteiger partial charge on any atom is -0.368 e. The minimum atomic E-state index is 0.665. The maximum absolute atomic E-state index is 4.77. The summed E-state index contributed by atoms with van der Waals surface area (Å²) in [6, 6.07) is 12.8. The van der Waals surface area contributed by atoms with Gasteiger partial charge in [-0.25, -0.2) is 0 Å². The number of likely N-dealkylation sites (N-methyl/N-ethyl adjacent to an activating group) is 1. The summed E-state index contributed by atoms with van der Waals surface area (Å²) in [5.74, 6) is 1.56. The van der Waals surface area contributed by atoms with Crippen LogP contribution in [0.15, 0.2) is 55.0 Å². The van der Waals surface area contributed by atoms with Gasteiger partial charge in [0.25, 0.3) is 0 Å². The number of pyridine rings is 1. The van der Waals surface area contributed by atoms with E-state index in [-0.39, 0.29) is 0 Å². The number of aromatic nitrogens is 4. The van der Waals surface area contributed by atoms with Gasteiger partial charge in [0.05, 0.1) is 6.20 Å². The fourth-order valence-corrected chi connectivity index (χ4v) is 3.56. The van der Waals surface area contributed by atoms with Gasteiger partial charge in [-0.05, 0) is 48.7 Å². The maximum Gasteiger partial charge on any atom is 0.247 e. The Labute approximate surface area is 172 Å². The number of anilines is 3. The molecule has 0 saturated carbocycles. The molecule has 150 valence electrons. The summed E-state index contributed by atoms with van der Waals surface area (Å²) in [4.78, 5) is 15.6. The summed E-state index contributed by atoms with van der Waals surface area (Å²) in [7, 11) is 2.01. The lowest BCUT2D eigenvalue weighted by atomic mass is 10.2. The van der Waals surface area contributed by atoms with E-state index in [1.807, 2.05) is 31.6 Å². The zero-order valence-electron chi connectivity index (χ0n) is 17.1. The van der Waals surface area contributed by atoms with Crippen LogP contribution in [0.2, 0.25) is 0 Å². The molecular weight excluding hydrogens is 362 g/mol. The van der Waals surface area contributed by atoms with Crippen molar-refractivity contribution in [1.29, 1.82) is 0 Å². The van der Waals surface area contributed by atoms with E-state index in [1.54, 1.807) is 6.20 Å². The SMILES string of the molecule is Cc1cccc(N2CCN(c3cnnc(N(C)CCc4ccncc4)n3)CC2)c1. The largest absolute Gasteiger partial charge is 0.368 e. The fourth-order valence-electron chi connectivity index (χ4n) is 3.56. The van der Waals surface area contributed by atoms with Crippen molar-refractivity contribution in [3.8, 4) is 0 Å². The van der Waals surface area contributed by atoms with Crippen LogP contribution in [0.3, 0.4) is 0 Å². The van der Waals surface area contributed by atoms with Gasteiger partial charge in [-0.3, -0.25) is 4.98 Å². The lowest BCUT2D eigenvalue weighted by molar-refractivity contribution is 0.643. The molecule has 0 bridgehead atoms.